The van der Waals surface area contributed by atoms with E-state index in [-0.39, 0.29) is 5.92 Å². The molecule has 0 amide bonds. The highest BCUT2D eigenvalue weighted by atomic mass is 16.3. The van der Waals surface area contributed by atoms with Gasteiger partial charge in [-0.1, -0.05) is 163 Å². The quantitative estimate of drug-likeness (QED) is 0.171. The maximum atomic E-state index is 6.91. The molecule has 1 atom stereocenters. The Morgan fingerprint density at radius 3 is 2.10 bits per heavy atom. The molecule has 2 aliphatic carbocycles. The molecule has 12 rings (SSSR count). The fourth-order valence-electron chi connectivity index (χ4n) is 10.5. The van der Waals surface area contributed by atoms with Crippen molar-refractivity contribution in [2.75, 3.05) is 0 Å². The van der Waals surface area contributed by atoms with Gasteiger partial charge in [-0.25, -0.2) is 9.98 Å². The third-order valence-corrected chi connectivity index (χ3v) is 13.7. The van der Waals surface area contributed by atoms with Crippen LogP contribution < -0.4 is 0 Å². The zero-order valence-electron chi connectivity index (χ0n) is 35.4. The molecule has 0 saturated carbocycles. The van der Waals surface area contributed by atoms with Crippen LogP contribution >= 0.6 is 0 Å². The van der Waals surface area contributed by atoms with Crippen LogP contribution in [0, 0.1) is 0 Å². The zero-order valence-corrected chi connectivity index (χ0v) is 35.4. The summed E-state index contributed by atoms with van der Waals surface area (Å²) in [6.07, 6.45) is 10.5. The molecule has 3 nitrogen and oxygen atoms in total. The molecule has 0 spiro atoms. The number of fused-ring (bicyclic) bond motifs is 7. The lowest BCUT2D eigenvalue weighted by Crippen LogP contribution is -2.11. The lowest BCUT2D eigenvalue weighted by Gasteiger charge is -2.25. The number of hydrogen-bond donors (Lipinski definition) is 0. The molecule has 0 radical (unpaired) electrons. The minimum Gasteiger partial charge on any atom is -0.455 e. The lowest BCUT2D eigenvalue weighted by atomic mass is 9.80. The molecule has 0 N–H and O–H groups in total. The Bertz CT molecular complexity index is 3440. The second kappa shape index (κ2) is 15.5. The van der Waals surface area contributed by atoms with Crippen molar-refractivity contribution in [2.45, 2.75) is 51.4 Å². The van der Waals surface area contributed by atoms with Gasteiger partial charge < -0.3 is 4.42 Å². The predicted octanol–water partition coefficient (Wildman–Crippen LogP) is 15.9. The van der Waals surface area contributed by atoms with Gasteiger partial charge in [0.25, 0.3) is 0 Å². The molecule has 1 aliphatic heterocycles. The third kappa shape index (κ3) is 6.67. The zero-order chi connectivity index (χ0) is 41.9. The summed E-state index contributed by atoms with van der Waals surface area (Å²) >= 11 is 0. The van der Waals surface area contributed by atoms with Crippen LogP contribution in [-0.2, 0) is 6.42 Å². The first-order valence-electron chi connectivity index (χ1n) is 22.5. The summed E-state index contributed by atoms with van der Waals surface area (Å²) in [4.78, 5) is 11.3. The molecule has 3 aliphatic rings. The molecule has 8 aromatic carbocycles. The number of nitrogens with zero attached hydrogens (tertiary/aromatic N) is 2. The van der Waals surface area contributed by atoms with E-state index in [0.717, 1.165) is 94.1 Å². The highest BCUT2D eigenvalue weighted by Crippen LogP contribution is 2.47. The summed E-state index contributed by atoms with van der Waals surface area (Å²) in [5.74, 6) is 0.956. The van der Waals surface area contributed by atoms with E-state index in [1.807, 2.05) is 0 Å². The van der Waals surface area contributed by atoms with Crippen LogP contribution in [0.3, 0.4) is 0 Å². The Morgan fingerprint density at radius 1 is 0.524 bits per heavy atom. The van der Waals surface area contributed by atoms with Crippen molar-refractivity contribution < 1.29 is 4.42 Å². The molecular formula is C60H46N2O. The van der Waals surface area contributed by atoms with Gasteiger partial charge in [0.05, 0.1) is 11.4 Å². The number of allylic oxidation sites excluding steroid dienone is 5. The van der Waals surface area contributed by atoms with Crippen LogP contribution in [0.1, 0.15) is 78.3 Å². The van der Waals surface area contributed by atoms with E-state index in [0.29, 0.717) is 5.84 Å². The number of aryl methyl sites for hydroxylation is 1. The van der Waals surface area contributed by atoms with Crippen LogP contribution in [0.15, 0.2) is 208 Å². The molecule has 3 heteroatoms. The Hall–Kier alpha value is -7.36. The van der Waals surface area contributed by atoms with Gasteiger partial charge in [0.2, 0.25) is 0 Å². The van der Waals surface area contributed by atoms with E-state index in [4.69, 9.17) is 14.4 Å². The smallest absolute Gasteiger partial charge is 0.160 e. The number of hydrogen-bond acceptors (Lipinski definition) is 3. The van der Waals surface area contributed by atoms with E-state index < -0.39 is 0 Å². The average molecular weight is 811 g/mol. The molecule has 63 heavy (non-hydrogen) atoms. The normalized spacial score (nSPS) is 19.5. The Labute approximate surface area is 368 Å². The lowest BCUT2D eigenvalue weighted by molar-refractivity contribution is 0.664. The monoisotopic (exact) mass is 810 g/mol. The van der Waals surface area contributed by atoms with Crippen LogP contribution in [0.25, 0.3) is 65.9 Å². The number of furan rings is 1. The molecule has 9 aromatic rings. The van der Waals surface area contributed by atoms with Gasteiger partial charge >= 0.3 is 0 Å². The van der Waals surface area contributed by atoms with E-state index >= 15 is 0 Å². The third-order valence-electron chi connectivity index (χ3n) is 13.7. The molecule has 302 valence electrons. The van der Waals surface area contributed by atoms with Crippen molar-refractivity contribution in [3.63, 3.8) is 0 Å². The first-order valence-corrected chi connectivity index (χ1v) is 22.5. The minimum absolute atomic E-state index is 0.247. The van der Waals surface area contributed by atoms with Crippen molar-refractivity contribution >= 4 is 66.3 Å². The second-order valence-electron chi connectivity index (χ2n) is 17.5. The highest BCUT2D eigenvalue weighted by Gasteiger charge is 2.29. The van der Waals surface area contributed by atoms with Crippen LogP contribution in [0.2, 0.25) is 0 Å². The summed E-state index contributed by atoms with van der Waals surface area (Å²) in [5.41, 5.74) is 17.6. The largest absolute Gasteiger partial charge is 0.455 e. The van der Waals surface area contributed by atoms with Gasteiger partial charge in [-0.15, -0.1) is 0 Å². The Morgan fingerprint density at radius 2 is 1.24 bits per heavy atom. The van der Waals surface area contributed by atoms with Gasteiger partial charge in [0.1, 0.15) is 11.2 Å². The molecular weight excluding hydrogens is 765 g/mol. The van der Waals surface area contributed by atoms with Crippen LogP contribution in [-0.4, -0.2) is 11.5 Å². The first kappa shape index (κ1) is 37.4. The predicted molar refractivity (Wildman–Crippen MR) is 265 cm³/mol. The second-order valence-corrected chi connectivity index (χ2v) is 17.5. The summed E-state index contributed by atoms with van der Waals surface area (Å²) in [7, 11) is 0. The Kier molecular flexibility index (Phi) is 9.22. The van der Waals surface area contributed by atoms with Crippen molar-refractivity contribution in [3.05, 3.63) is 227 Å². The molecule has 0 saturated heterocycles. The maximum absolute atomic E-state index is 6.91. The minimum atomic E-state index is 0.247. The standard InChI is InChI=1S/C60H46N2O/c1-38-26-33-56(51-24-13-19-41-16-7-8-20-47(41)51)61-60(42-29-27-40(28-30-42)39-14-3-2-4-15-39)62-58(38)55-37-46(36-54-52-23-11-12-25-57(52)63-59(54)55)48-32-31-45-34-43-17-5-6-18-44(43)35-53(45)50-22-10-9-21-49(48)50/h2-8,10-20,22-25,27-30,34-37,48H,9,21,26,31-33H2,1H3/b58-38+,61-56+,62-60-. The molecule has 2 heterocycles. The van der Waals surface area contributed by atoms with Gasteiger partial charge in [-0.05, 0) is 130 Å². The highest BCUT2D eigenvalue weighted by molar-refractivity contribution is 6.19. The molecule has 1 unspecified atom stereocenters. The van der Waals surface area contributed by atoms with Crippen molar-refractivity contribution in [3.8, 4) is 11.1 Å². The van der Waals surface area contributed by atoms with Crippen LogP contribution in [0.5, 0.6) is 0 Å². The molecule has 0 bridgehead atoms. The number of para-hydroxylation sites is 1. The van der Waals surface area contributed by atoms with Gasteiger partial charge in [-0.2, -0.15) is 0 Å². The number of amidine groups is 1. The van der Waals surface area contributed by atoms with E-state index in [1.165, 1.54) is 54.9 Å². The average Bonchev–Trinajstić information content (AvgIpc) is 3.64. The van der Waals surface area contributed by atoms with Crippen molar-refractivity contribution in [1.29, 1.82) is 0 Å². The summed E-state index contributed by atoms with van der Waals surface area (Å²) in [6.45, 7) is 2.27. The van der Waals surface area contributed by atoms with Crippen LogP contribution in [0.4, 0.5) is 0 Å². The molecule has 0 fully saturated rings. The van der Waals surface area contributed by atoms with Crippen molar-refractivity contribution in [2.24, 2.45) is 9.98 Å². The summed E-state index contributed by atoms with van der Waals surface area (Å²) < 4.78 is 6.91. The fraction of sp³-hybridized carbons (Fsp3) is 0.133. The Balaban J connectivity index is 1.06. The topological polar surface area (TPSA) is 37.9 Å². The fourth-order valence-corrected chi connectivity index (χ4v) is 10.5. The summed E-state index contributed by atoms with van der Waals surface area (Å²) in [6, 6.07) is 61.6. The SMILES string of the molecule is C\C1=C(c2cc(C3CCc4cc5ccccc5cc4C4=C3CCC=C4)cc3c2oc2ccccc23)/N=C(c2ccc(-c3ccccc3)cc2)\N=C(\c2cccc3ccccc23)CC1. The number of benzene rings is 8. The van der Waals surface area contributed by atoms with E-state index in [9.17, 15) is 0 Å². The van der Waals surface area contributed by atoms with Gasteiger partial charge in [0.15, 0.2) is 5.84 Å². The van der Waals surface area contributed by atoms with Crippen molar-refractivity contribution in [1.82, 2.24) is 0 Å². The van der Waals surface area contributed by atoms with E-state index in [2.05, 4.69) is 189 Å². The first-order chi connectivity index (χ1) is 31.1. The number of rotatable bonds is 5. The van der Waals surface area contributed by atoms with E-state index in [1.54, 1.807) is 5.57 Å². The summed E-state index contributed by atoms with van der Waals surface area (Å²) in [5, 5.41) is 7.32. The van der Waals surface area contributed by atoms with Gasteiger partial charge in [0, 0.05) is 33.4 Å². The maximum Gasteiger partial charge on any atom is 0.160 e. The number of aliphatic imine (C=N–C) groups is 2. The van der Waals surface area contributed by atoms with Gasteiger partial charge in [-0.3, -0.25) is 0 Å². The molecule has 1 aromatic heterocycles.